The Morgan fingerprint density at radius 1 is 2.00 bits per heavy atom. The predicted molar refractivity (Wildman–Crippen MR) is 35.2 cm³/mol. The van der Waals surface area contributed by atoms with Gasteiger partial charge in [-0.2, -0.15) is 0 Å². The molecule has 1 aliphatic rings. The van der Waals surface area contributed by atoms with Gasteiger partial charge >= 0.3 is 0 Å². The van der Waals surface area contributed by atoms with Crippen LogP contribution < -0.4 is 5.73 Å². The van der Waals surface area contributed by atoms with Crippen LogP contribution in [-0.4, -0.2) is 24.0 Å². The summed E-state index contributed by atoms with van der Waals surface area (Å²) in [5.41, 5.74) is 5.21. The van der Waals surface area contributed by atoms with E-state index in [-0.39, 0.29) is 6.10 Å². The number of nitrogens with zero attached hydrogens (tertiary/aromatic N) is 1. The van der Waals surface area contributed by atoms with Crippen molar-refractivity contribution in [2.45, 2.75) is 6.10 Å². The van der Waals surface area contributed by atoms with Gasteiger partial charge in [0.25, 0.3) is 6.02 Å². The van der Waals surface area contributed by atoms with Crippen LogP contribution in [0.3, 0.4) is 0 Å². The standard InChI is InChI=1S/C4H7BrN2O/c5-1-3-2-7-4(6)8-3/h3H,1-2H2,(H2,6,7)/t3-/m1/s1. The fourth-order valence-electron chi connectivity index (χ4n) is 0.517. The van der Waals surface area contributed by atoms with E-state index in [2.05, 4.69) is 20.9 Å². The summed E-state index contributed by atoms with van der Waals surface area (Å²) in [5.74, 6) is 0. The van der Waals surface area contributed by atoms with E-state index < -0.39 is 0 Å². The van der Waals surface area contributed by atoms with Crippen molar-refractivity contribution in [2.75, 3.05) is 11.9 Å². The molecule has 3 nitrogen and oxygen atoms in total. The molecular weight excluding hydrogens is 172 g/mol. The maximum atomic E-state index is 5.21. The maximum Gasteiger partial charge on any atom is 0.282 e. The van der Waals surface area contributed by atoms with E-state index in [1.54, 1.807) is 0 Å². The molecule has 8 heavy (non-hydrogen) atoms. The lowest BCUT2D eigenvalue weighted by Crippen LogP contribution is -2.18. The second-order valence-electron chi connectivity index (χ2n) is 1.57. The molecule has 0 aromatic rings. The average Bonchev–Trinajstić information content (AvgIpc) is 2.14. The molecular formula is C4H7BrN2O. The third-order valence-corrected chi connectivity index (χ3v) is 1.63. The molecule has 0 bridgehead atoms. The van der Waals surface area contributed by atoms with Crippen molar-refractivity contribution >= 4 is 22.0 Å². The van der Waals surface area contributed by atoms with Crippen molar-refractivity contribution in [2.24, 2.45) is 10.7 Å². The van der Waals surface area contributed by atoms with Gasteiger partial charge < -0.3 is 10.5 Å². The van der Waals surface area contributed by atoms with Gasteiger partial charge in [-0.3, -0.25) is 0 Å². The number of hydrogen-bond acceptors (Lipinski definition) is 3. The SMILES string of the molecule is NC1=NC[C@@H](CBr)O1. The number of halogens is 1. The van der Waals surface area contributed by atoms with Gasteiger partial charge in [0, 0.05) is 5.33 Å². The number of aliphatic imine (C=N–C) groups is 1. The topological polar surface area (TPSA) is 47.6 Å². The van der Waals surface area contributed by atoms with Crippen LogP contribution in [0.2, 0.25) is 0 Å². The predicted octanol–water partition coefficient (Wildman–Crippen LogP) is 0.0948. The molecule has 1 atom stereocenters. The Morgan fingerprint density at radius 3 is 3.00 bits per heavy atom. The summed E-state index contributed by atoms with van der Waals surface area (Å²) < 4.78 is 4.99. The summed E-state index contributed by atoms with van der Waals surface area (Å²) in [7, 11) is 0. The van der Waals surface area contributed by atoms with Gasteiger partial charge in [-0.15, -0.1) is 0 Å². The van der Waals surface area contributed by atoms with Crippen LogP contribution >= 0.6 is 15.9 Å². The zero-order chi connectivity index (χ0) is 5.98. The van der Waals surface area contributed by atoms with E-state index >= 15 is 0 Å². The third-order valence-electron chi connectivity index (χ3n) is 0.910. The Morgan fingerprint density at radius 2 is 2.75 bits per heavy atom. The van der Waals surface area contributed by atoms with Crippen molar-refractivity contribution in [3.8, 4) is 0 Å². The second-order valence-corrected chi connectivity index (χ2v) is 2.22. The van der Waals surface area contributed by atoms with Crippen LogP contribution in [0.5, 0.6) is 0 Å². The Bertz CT molecular complexity index is 115. The minimum atomic E-state index is 0.162. The highest BCUT2D eigenvalue weighted by Crippen LogP contribution is 2.03. The third kappa shape index (κ3) is 1.12. The first-order chi connectivity index (χ1) is 3.83. The molecule has 0 fully saturated rings. The summed E-state index contributed by atoms with van der Waals surface area (Å²) >= 11 is 3.25. The summed E-state index contributed by atoms with van der Waals surface area (Å²) in [6.07, 6.45) is 0.162. The van der Waals surface area contributed by atoms with E-state index in [1.807, 2.05) is 0 Å². The molecule has 1 rings (SSSR count). The molecule has 0 aromatic carbocycles. The normalized spacial score (nSPS) is 27.1. The summed E-state index contributed by atoms with van der Waals surface area (Å²) in [6, 6.07) is 0.314. The molecule has 4 heteroatoms. The van der Waals surface area contributed by atoms with Gasteiger partial charge in [0.1, 0.15) is 6.10 Å². The average molecular weight is 179 g/mol. The van der Waals surface area contributed by atoms with Crippen LogP contribution in [0.15, 0.2) is 4.99 Å². The number of ether oxygens (including phenoxy) is 1. The van der Waals surface area contributed by atoms with Crippen molar-refractivity contribution in [3.05, 3.63) is 0 Å². The summed E-state index contributed by atoms with van der Waals surface area (Å²) in [5, 5.41) is 0.803. The molecule has 0 saturated heterocycles. The Hall–Kier alpha value is -0.250. The number of nitrogens with two attached hydrogens (primary N) is 1. The zero-order valence-electron chi connectivity index (χ0n) is 4.30. The fourth-order valence-corrected chi connectivity index (χ4v) is 0.854. The van der Waals surface area contributed by atoms with E-state index in [0.717, 1.165) is 5.33 Å². The first kappa shape index (κ1) is 5.88. The quantitative estimate of drug-likeness (QED) is 0.580. The van der Waals surface area contributed by atoms with Crippen molar-refractivity contribution in [3.63, 3.8) is 0 Å². The molecule has 0 radical (unpaired) electrons. The van der Waals surface area contributed by atoms with Gasteiger partial charge in [-0.25, -0.2) is 4.99 Å². The molecule has 0 amide bonds. The molecule has 0 aromatic heterocycles. The van der Waals surface area contributed by atoms with Gasteiger partial charge in [0.05, 0.1) is 6.54 Å². The first-order valence-corrected chi connectivity index (χ1v) is 3.47. The molecule has 1 heterocycles. The van der Waals surface area contributed by atoms with Crippen molar-refractivity contribution in [1.82, 2.24) is 0 Å². The smallest absolute Gasteiger partial charge is 0.282 e. The first-order valence-electron chi connectivity index (χ1n) is 2.35. The van der Waals surface area contributed by atoms with E-state index in [4.69, 9.17) is 10.5 Å². The maximum absolute atomic E-state index is 5.21. The highest BCUT2D eigenvalue weighted by molar-refractivity contribution is 9.09. The van der Waals surface area contributed by atoms with Crippen LogP contribution in [0.1, 0.15) is 0 Å². The number of alkyl halides is 1. The molecule has 0 aliphatic carbocycles. The molecule has 1 aliphatic heterocycles. The van der Waals surface area contributed by atoms with Crippen LogP contribution in [0, 0.1) is 0 Å². The van der Waals surface area contributed by atoms with Gasteiger partial charge in [0.15, 0.2) is 0 Å². The monoisotopic (exact) mass is 178 g/mol. The minimum Gasteiger partial charge on any atom is -0.459 e. The highest BCUT2D eigenvalue weighted by Gasteiger charge is 2.14. The van der Waals surface area contributed by atoms with Gasteiger partial charge in [-0.1, -0.05) is 15.9 Å². The van der Waals surface area contributed by atoms with Crippen LogP contribution in [0.4, 0.5) is 0 Å². The number of rotatable bonds is 1. The van der Waals surface area contributed by atoms with E-state index in [1.165, 1.54) is 0 Å². The number of hydrogen-bond donors (Lipinski definition) is 1. The van der Waals surface area contributed by atoms with Gasteiger partial charge in [0.2, 0.25) is 0 Å². The Labute approximate surface area is 56.0 Å². The molecule has 0 saturated carbocycles. The number of amidine groups is 1. The Balaban J connectivity index is 2.32. The highest BCUT2D eigenvalue weighted by atomic mass is 79.9. The van der Waals surface area contributed by atoms with Gasteiger partial charge in [-0.05, 0) is 0 Å². The van der Waals surface area contributed by atoms with Crippen molar-refractivity contribution < 1.29 is 4.74 Å². The van der Waals surface area contributed by atoms with E-state index in [9.17, 15) is 0 Å². The lowest BCUT2D eigenvalue weighted by Gasteiger charge is -2.02. The molecule has 2 N–H and O–H groups in total. The summed E-state index contributed by atoms with van der Waals surface area (Å²) in [6.45, 7) is 0.692. The van der Waals surface area contributed by atoms with Crippen LogP contribution in [0.25, 0.3) is 0 Å². The van der Waals surface area contributed by atoms with Crippen LogP contribution in [-0.2, 0) is 4.74 Å². The lowest BCUT2D eigenvalue weighted by atomic mass is 10.4. The summed E-state index contributed by atoms with van der Waals surface area (Å²) in [4.78, 5) is 3.83. The minimum absolute atomic E-state index is 0.162. The largest absolute Gasteiger partial charge is 0.459 e. The molecule has 0 spiro atoms. The fraction of sp³-hybridized carbons (Fsp3) is 0.750. The van der Waals surface area contributed by atoms with E-state index in [0.29, 0.717) is 12.6 Å². The zero-order valence-corrected chi connectivity index (χ0v) is 5.89. The second kappa shape index (κ2) is 2.35. The molecule has 0 unspecified atom stereocenters. The lowest BCUT2D eigenvalue weighted by molar-refractivity contribution is 0.248. The molecule has 46 valence electrons. The van der Waals surface area contributed by atoms with Crippen molar-refractivity contribution in [1.29, 1.82) is 0 Å². The Kier molecular flexibility index (Phi) is 1.73.